The van der Waals surface area contributed by atoms with Crippen LogP contribution in [0.3, 0.4) is 0 Å². The molecule has 1 saturated carbocycles. The number of carbonyl (C=O) groups is 2. The van der Waals surface area contributed by atoms with Crippen LogP contribution in [0.5, 0.6) is 0 Å². The van der Waals surface area contributed by atoms with E-state index >= 15 is 0 Å². The van der Waals surface area contributed by atoms with Gasteiger partial charge in [0.1, 0.15) is 0 Å². The molecule has 1 saturated heterocycles. The summed E-state index contributed by atoms with van der Waals surface area (Å²) in [7, 11) is -0.509. The molecule has 1 aliphatic carbocycles. The Morgan fingerprint density at radius 2 is 1.39 bits per heavy atom. The molecule has 2 aromatic carbocycles. The van der Waals surface area contributed by atoms with Gasteiger partial charge < -0.3 is 14.4 Å². The van der Waals surface area contributed by atoms with Crippen molar-refractivity contribution < 1.29 is 24.0 Å². The fraction of sp³-hybridized carbons (Fsp3) is 0.385. The average molecular weight is 445 g/mol. The van der Waals surface area contributed by atoms with Gasteiger partial charge in [0.05, 0.1) is 33.5 Å². The first kappa shape index (κ1) is 22.1. The van der Waals surface area contributed by atoms with E-state index in [1.165, 1.54) is 11.0 Å². The molecule has 0 spiro atoms. The van der Waals surface area contributed by atoms with Crippen molar-refractivity contribution in [3.05, 3.63) is 77.9 Å². The molecule has 2 fully saturated rings. The van der Waals surface area contributed by atoms with E-state index < -0.39 is 29.5 Å². The van der Waals surface area contributed by atoms with Crippen molar-refractivity contribution in [1.29, 1.82) is 0 Å². The van der Waals surface area contributed by atoms with Crippen molar-refractivity contribution in [2.75, 3.05) is 0 Å². The maximum absolute atomic E-state index is 13.3. The summed E-state index contributed by atoms with van der Waals surface area (Å²) in [6, 6.07) is 14.4. The highest BCUT2D eigenvalue weighted by Gasteiger charge is 2.61. The van der Waals surface area contributed by atoms with Crippen LogP contribution in [0.25, 0.3) is 0 Å². The largest absolute Gasteiger partial charge is 0.494 e. The van der Waals surface area contributed by atoms with Crippen LogP contribution in [0.1, 0.15) is 66.8 Å². The lowest BCUT2D eigenvalue weighted by molar-refractivity contribution is -0.0989. The highest BCUT2D eigenvalue weighted by atomic mass is 16.7. The first-order valence-corrected chi connectivity index (χ1v) is 11.2. The molecule has 0 unspecified atom stereocenters. The number of aliphatic hydroxyl groups is 1. The summed E-state index contributed by atoms with van der Waals surface area (Å²) in [4.78, 5) is 27.9. The first-order valence-electron chi connectivity index (χ1n) is 11.2. The summed E-state index contributed by atoms with van der Waals surface area (Å²) in [5, 5.41) is 10.8. The van der Waals surface area contributed by atoms with Crippen LogP contribution in [0.2, 0.25) is 0 Å². The molecule has 2 aliphatic heterocycles. The first-order chi connectivity index (χ1) is 15.4. The number of nitrogens with zero attached hydrogens (tertiary/aromatic N) is 1. The van der Waals surface area contributed by atoms with Gasteiger partial charge in [-0.15, -0.1) is 6.58 Å². The molecule has 33 heavy (non-hydrogen) atoms. The van der Waals surface area contributed by atoms with Crippen molar-refractivity contribution in [2.24, 2.45) is 0 Å². The molecule has 3 aliphatic rings. The van der Waals surface area contributed by atoms with E-state index in [9.17, 15) is 14.7 Å². The number of hydrogen-bond donors (Lipinski definition) is 1. The van der Waals surface area contributed by atoms with Crippen molar-refractivity contribution in [2.45, 2.75) is 62.9 Å². The molecule has 170 valence electrons. The SMILES string of the molecule is C=CC1(O)CC(c2ccc(B3OC(C)(C)C(C)(C)O3)cc2)(N2C(=O)c3ccccc3C2=O)C1. The molecule has 0 atom stereocenters. The molecule has 2 amide bonds. The lowest BCUT2D eigenvalue weighted by Gasteiger charge is -2.55. The number of fused-ring (bicyclic) bond motifs is 1. The molecule has 2 heterocycles. The lowest BCUT2D eigenvalue weighted by atomic mass is 9.60. The summed E-state index contributed by atoms with van der Waals surface area (Å²) in [5.74, 6) is -0.673. The lowest BCUT2D eigenvalue weighted by Crippen LogP contribution is -2.64. The van der Waals surface area contributed by atoms with Crippen LogP contribution in [0.15, 0.2) is 61.2 Å². The minimum absolute atomic E-state index is 0.199. The van der Waals surface area contributed by atoms with Gasteiger partial charge in [-0.25, -0.2) is 0 Å². The molecule has 2 aromatic rings. The summed E-state index contributed by atoms with van der Waals surface area (Å²) in [5.41, 5.74) is -0.575. The molecule has 1 N–H and O–H groups in total. The maximum atomic E-state index is 13.3. The van der Waals surface area contributed by atoms with Crippen LogP contribution in [0.4, 0.5) is 0 Å². The zero-order chi connectivity index (χ0) is 23.8. The second-order valence-corrected chi connectivity index (χ2v) is 10.4. The topological polar surface area (TPSA) is 76.1 Å². The Morgan fingerprint density at radius 1 is 0.909 bits per heavy atom. The molecule has 7 heteroatoms. The van der Waals surface area contributed by atoms with Crippen LogP contribution < -0.4 is 5.46 Å². The number of amides is 2. The quantitative estimate of drug-likeness (QED) is 0.445. The molecule has 5 rings (SSSR count). The van der Waals surface area contributed by atoms with Gasteiger partial charge in [-0.2, -0.15) is 0 Å². The van der Waals surface area contributed by atoms with Gasteiger partial charge in [-0.05, 0) is 50.9 Å². The summed E-state index contributed by atoms with van der Waals surface area (Å²) in [6.07, 6.45) is 1.89. The van der Waals surface area contributed by atoms with Crippen LogP contribution in [0, 0.1) is 0 Å². The van der Waals surface area contributed by atoms with Crippen molar-refractivity contribution in [1.82, 2.24) is 4.90 Å². The van der Waals surface area contributed by atoms with Gasteiger partial charge in [0.2, 0.25) is 0 Å². The van der Waals surface area contributed by atoms with E-state index in [1.54, 1.807) is 24.3 Å². The van der Waals surface area contributed by atoms with E-state index in [0.29, 0.717) is 11.1 Å². The van der Waals surface area contributed by atoms with Gasteiger partial charge in [-0.1, -0.05) is 42.5 Å². The van der Waals surface area contributed by atoms with Crippen molar-refractivity contribution >= 4 is 24.4 Å². The Hall–Kier alpha value is -2.74. The average Bonchev–Trinajstić information content (AvgIpc) is 3.14. The fourth-order valence-corrected chi connectivity index (χ4v) is 5.10. The van der Waals surface area contributed by atoms with Gasteiger partial charge in [0, 0.05) is 12.8 Å². The number of imide groups is 1. The third-order valence-corrected chi connectivity index (χ3v) is 7.77. The maximum Gasteiger partial charge on any atom is 0.494 e. The summed E-state index contributed by atoms with van der Waals surface area (Å²) in [6.45, 7) is 11.8. The molecular weight excluding hydrogens is 417 g/mol. The number of rotatable bonds is 4. The highest BCUT2D eigenvalue weighted by Crippen LogP contribution is 2.55. The van der Waals surface area contributed by atoms with E-state index in [1.807, 2.05) is 52.0 Å². The van der Waals surface area contributed by atoms with E-state index in [4.69, 9.17) is 9.31 Å². The molecule has 0 aromatic heterocycles. The van der Waals surface area contributed by atoms with Gasteiger partial charge >= 0.3 is 7.12 Å². The van der Waals surface area contributed by atoms with Crippen LogP contribution in [-0.4, -0.2) is 45.7 Å². The number of carbonyl (C=O) groups excluding carboxylic acids is 2. The Bertz CT molecular complexity index is 1110. The molecule has 0 bridgehead atoms. The predicted octanol–water partition coefficient (Wildman–Crippen LogP) is 3.19. The van der Waals surface area contributed by atoms with E-state index in [-0.39, 0.29) is 24.7 Å². The Labute approximate surface area is 194 Å². The Morgan fingerprint density at radius 3 is 1.85 bits per heavy atom. The standard InChI is InChI=1S/C26H28BNO5/c1-6-25(31)15-26(16-25,28-21(29)19-9-7-8-10-20(19)22(28)30)17-11-13-18(14-12-17)27-32-23(2,3)24(4,5)33-27/h6-14,31H,1,15-16H2,2-5H3. The predicted molar refractivity (Wildman–Crippen MR) is 125 cm³/mol. The van der Waals surface area contributed by atoms with Crippen molar-refractivity contribution in [3.8, 4) is 0 Å². The summed E-state index contributed by atoms with van der Waals surface area (Å²) < 4.78 is 12.3. The third-order valence-electron chi connectivity index (χ3n) is 7.77. The molecule has 0 radical (unpaired) electrons. The highest BCUT2D eigenvalue weighted by molar-refractivity contribution is 6.62. The zero-order valence-corrected chi connectivity index (χ0v) is 19.4. The number of hydrogen-bond acceptors (Lipinski definition) is 5. The van der Waals surface area contributed by atoms with E-state index in [0.717, 1.165) is 11.0 Å². The van der Waals surface area contributed by atoms with Crippen LogP contribution >= 0.6 is 0 Å². The minimum atomic E-state index is -1.14. The summed E-state index contributed by atoms with van der Waals surface area (Å²) >= 11 is 0. The Balaban J connectivity index is 1.51. The van der Waals surface area contributed by atoms with Crippen LogP contribution in [-0.2, 0) is 14.8 Å². The normalized spacial score (nSPS) is 29.7. The Kier molecular flexibility index (Phi) is 4.61. The monoisotopic (exact) mass is 445 g/mol. The third kappa shape index (κ3) is 3.06. The second-order valence-electron chi connectivity index (χ2n) is 10.4. The van der Waals surface area contributed by atoms with E-state index in [2.05, 4.69) is 6.58 Å². The van der Waals surface area contributed by atoms with Gasteiger partial charge in [0.25, 0.3) is 11.8 Å². The smallest absolute Gasteiger partial charge is 0.399 e. The van der Waals surface area contributed by atoms with Crippen molar-refractivity contribution in [3.63, 3.8) is 0 Å². The van der Waals surface area contributed by atoms with Gasteiger partial charge in [-0.3, -0.25) is 14.5 Å². The molecular formula is C26H28BNO5. The minimum Gasteiger partial charge on any atom is -0.399 e. The second kappa shape index (κ2) is 6.89. The zero-order valence-electron chi connectivity index (χ0n) is 19.4. The fourth-order valence-electron chi connectivity index (χ4n) is 5.10. The number of benzene rings is 2. The van der Waals surface area contributed by atoms with Gasteiger partial charge in [0.15, 0.2) is 0 Å². The molecule has 6 nitrogen and oxygen atoms in total.